The molecule has 1 fully saturated rings. The van der Waals surface area contributed by atoms with Crippen LogP contribution in [0, 0.1) is 0 Å². The maximum Gasteiger partial charge on any atom is 0.323 e. The molecule has 0 bridgehead atoms. The molecule has 2 rings (SSSR count). The minimum atomic E-state index is -1.08. The molecule has 0 aliphatic carbocycles. The van der Waals surface area contributed by atoms with Crippen molar-refractivity contribution in [3.63, 3.8) is 0 Å². The second kappa shape index (κ2) is 5.85. The molecule has 0 unspecified atom stereocenters. The van der Waals surface area contributed by atoms with E-state index in [-0.39, 0.29) is 10.2 Å². The summed E-state index contributed by atoms with van der Waals surface area (Å²) in [5, 5.41) is 8.38. The number of nitrogens with zero attached hydrogens (tertiary/aromatic N) is 1. The largest absolute Gasteiger partial charge is 0.480 e. The summed E-state index contributed by atoms with van der Waals surface area (Å²) < 4.78 is 0.884. The average Bonchev–Trinajstić information content (AvgIpc) is 2.60. The SMILES string of the molecule is O=C(O)CN1C(=O)SC(=Cc2ccccc2Br)C1=S. The van der Waals surface area contributed by atoms with Crippen molar-refractivity contribution in [3.8, 4) is 0 Å². The minimum Gasteiger partial charge on any atom is -0.480 e. The molecule has 1 aromatic rings. The Hall–Kier alpha value is -1.18. The number of thioether (sulfide) groups is 1. The first-order chi connectivity index (χ1) is 8.99. The van der Waals surface area contributed by atoms with E-state index in [0.717, 1.165) is 26.7 Å². The van der Waals surface area contributed by atoms with Gasteiger partial charge in [-0.2, -0.15) is 0 Å². The molecule has 19 heavy (non-hydrogen) atoms. The van der Waals surface area contributed by atoms with Gasteiger partial charge in [-0.25, -0.2) is 0 Å². The van der Waals surface area contributed by atoms with Gasteiger partial charge in [0.15, 0.2) is 0 Å². The molecule has 0 radical (unpaired) electrons. The fraction of sp³-hybridized carbons (Fsp3) is 0.0833. The van der Waals surface area contributed by atoms with Gasteiger partial charge < -0.3 is 5.11 Å². The summed E-state index contributed by atoms with van der Waals surface area (Å²) in [5.41, 5.74) is 0.886. The molecule has 1 aromatic carbocycles. The third kappa shape index (κ3) is 3.23. The zero-order chi connectivity index (χ0) is 14.0. The van der Waals surface area contributed by atoms with Crippen LogP contribution in [0.3, 0.4) is 0 Å². The van der Waals surface area contributed by atoms with E-state index in [1.807, 2.05) is 24.3 Å². The molecule has 0 spiro atoms. The number of carboxylic acids is 1. The van der Waals surface area contributed by atoms with E-state index < -0.39 is 12.5 Å². The van der Waals surface area contributed by atoms with Crippen molar-refractivity contribution in [2.75, 3.05) is 6.54 Å². The van der Waals surface area contributed by atoms with Crippen molar-refractivity contribution < 1.29 is 14.7 Å². The number of hydrogen-bond donors (Lipinski definition) is 1. The Morgan fingerprint density at radius 1 is 1.47 bits per heavy atom. The molecule has 0 atom stereocenters. The van der Waals surface area contributed by atoms with Crippen LogP contribution >= 0.6 is 39.9 Å². The smallest absolute Gasteiger partial charge is 0.323 e. The Labute approximate surface area is 127 Å². The van der Waals surface area contributed by atoms with Gasteiger partial charge >= 0.3 is 5.97 Å². The van der Waals surface area contributed by atoms with Gasteiger partial charge in [-0.15, -0.1) is 0 Å². The summed E-state index contributed by atoms with van der Waals surface area (Å²) in [5.74, 6) is -1.08. The monoisotopic (exact) mass is 357 g/mol. The highest BCUT2D eigenvalue weighted by molar-refractivity contribution is 9.10. The molecule has 1 saturated heterocycles. The van der Waals surface area contributed by atoms with Crippen molar-refractivity contribution in [1.82, 2.24) is 4.90 Å². The first-order valence-electron chi connectivity index (χ1n) is 5.20. The molecule has 1 amide bonds. The standard InChI is InChI=1S/C12H8BrNO3S2/c13-8-4-2-1-3-7(8)5-9-11(18)14(6-10(15)16)12(17)19-9/h1-5H,6H2,(H,15,16). The summed E-state index contributed by atoms with van der Waals surface area (Å²) in [6.07, 6.45) is 1.77. The van der Waals surface area contributed by atoms with Crippen LogP contribution in [0.15, 0.2) is 33.6 Å². The lowest BCUT2D eigenvalue weighted by Crippen LogP contribution is -2.32. The number of rotatable bonds is 3. The van der Waals surface area contributed by atoms with Crippen LogP contribution in [0.25, 0.3) is 6.08 Å². The lowest BCUT2D eigenvalue weighted by molar-refractivity contribution is -0.136. The third-order valence-corrected chi connectivity index (χ3v) is 4.58. The van der Waals surface area contributed by atoms with Crippen LogP contribution < -0.4 is 0 Å². The number of hydrogen-bond acceptors (Lipinski definition) is 4. The van der Waals surface area contributed by atoms with Gasteiger partial charge in [-0.3, -0.25) is 14.5 Å². The molecule has 7 heteroatoms. The van der Waals surface area contributed by atoms with Crippen LogP contribution in [0.2, 0.25) is 0 Å². The number of carboxylic acid groups (broad SMARTS) is 1. The normalized spacial score (nSPS) is 17.3. The fourth-order valence-electron chi connectivity index (χ4n) is 1.50. The van der Waals surface area contributed by atoms with E-state index in [1.54, 1.807) is 6.08 Å². The lowest BCUT2D eigenvalue weighted by Gasteiger charge is -2.10. The second-order valence-corrected chi connectivity index (χ2v) is 5.92. The Bertz CT molecular complexity index is 600. The molecule has 0 saturated carbocycles. The fourth-order valence-corrected chi connectivity index (χ4v) is 3.13. The summed E-state index contributed by atoms with van der Waals surface area (Å²) in [6, 6.07) is 7.52. The predicted molar refractivity (Wildman–Crippen MR) is 82.0 cm³/mol. The topological polar surface area (TPSA) is 57.6 Å². The number of halogens is 1. The summed E-state index contributed by atoms with van der Waals surface area (Å²) >= 11 is 9.49. The molecule has 0 aromatic heterocycles. The van der Waals surface area contributed by atoms with Crippen LogP contribution in [0.4, 0.5) is 4.79 Å². The number of carbonyl (C=O) groups excluding carboxylic acids is 1. The number of aliphatic carboxylic acids is 1. The van der Waals surface area contributed by atoms with Gasteiger partial charge in [0.25, 0.3) is 5.24 Å². The Kier molecular flexibility index (Phi) is 4.38. The Morgan fingerprint density at radius 3 is 2.79 bits per heavy atom. The molecule has 98 valence electrons. The minimum absolute atomic E-state index is 0.258. The molecule has 4 nitrogen and oxygen atoms in total. The molecular formula is C12H8BrNO3S2. The van der Waals surface area contributed by atoms with Gasteiger partial charge in [0.1, 0.15) is 11.5 Å². The van der Waals surface area contributed by atoms with Gasteiger partial charge in [-0.05, 0) is 29.5 Å². The van der Waals surface area contributed by atoms with E-state index in [4.69, 9.17) is 17.3 Å². The summed E-state index contributed by atoms with van der Waals surface area (Å²) in [4.78, 5) is 24.3. The van der Waals surface area contributed by atoms with Crippen molar-refractivity contribution in [1.29, 1.82) is 0 Å². The highest BCUT2D eigenvalue weighted by Gasteiger charge is 2.33. The third-order valence-electron chi connectivity index (χ3n) is 2.36. The lowest BCUT2D eigenvalue weighted by atomic mass is 10.2. The van der Waals surface area contributed by atoms with E-state index in [9.17, 15) is 9.59 Å². The molecule has 1 aliphatic rings. The van der Waals surface area contributed by atoms with E-state index >= 15 is 0 Å². The van der Waals surface area contributed by atoms with Gasteiger partial charge in [0, 0.05) is 4.47 Å². The van der Waals surface area contributed by atoms with Crippen LogP contribution in [-0.4, -0.2) is 32.7 Å². The zero-order valence-electron chi connectivity index (χ0n) is 9.50. The van der Waals surface area contributed by atoms with E-state index in [2.05, 4.69) is 15.9 Å². The van der Waals surface area contributed by atoms with Crippen LogP contribution in [0.1, 0.15) is 5.56 Å². The highest BCUT2D eigenvalue weighted by atomic mass is 79.9. The van der Waals surface area contributed by atoms with E-state index in [0.29, 0.717) is 4.91 Å². The summed E-state index contributed by atoms with van der Waals surface area (Å²) in [7, 11) is 0. The number of thiocarbonyl (C=S) groups is 1. The van der Waals surface area contributed by atoms with E-state index in [1.165, 1.54) is 0 Å². The average molecular weight is 358 g/mol. The van der Waals surface area contributed by atoms with Crippen LogP contribution in [-0.2, 0) is 4.79 Å². The predicted octanol–water partition coefficient (Wildman–Crippen LogP) is 3.37. The zero-order valence-corrected chi connectivity index (χ0v) is 12.7. The Balaban J connectivity index is 2.28. The highest BCUT2D eigenvalue weighted by Crippen LogP contribution is 2.34. The first-order valence-corrected chi connectivity index (χ1v) is 7.22. The quantitative estimate of drug-likeness (QED) is 0.663. The van der Waals surface area contributed by atoms with Gasteiger partial charge in [0.05, 0.1) is 4.91 Å². The van der Waals surface area contributed by atoms with Crippen molar-refractivity contribution in [2.45, 2.75) is 0 Å². The molecule has 1 N–H and O–H groups in total. The number of amides is 1. The second-order valence-electron chi connectivity index (χ2n) is 3.68. The van der Waals surface area contributed by atoms with Gasteiger partial charge in [-0.1, -0.05) is 46.3 Å². The van der Waals surface area contributed by atoms with Crippen molar-refractivity contribution in [2.24, 2.45) is 0 Å². The molecule has 1 aliphatic heterocycles. The Morgan fingerprint density at radius 2 is 2.16 bits per heavy atom. The van der Waals surface area contributed by atoms with Gasteiger partial charge in [0.2, 0.25) is 0 Å². The summed E-state index contributed by atoms with van der Waals surface area (Å²) in [6.45, 7) is -0.405. The maximum absolute atomic E-state index is 11.7. The maximum atomic E-state index is 11.7. The molecular weight excluding hydrogens is 350 g/mol. The van der Waals surface area contributed by atoms with Crippen molar-refractivity contribution >= 4 is 62.2 Å². The number of benzene rings is 1. The number of carbonyl (C=O) groups is 2. The van der Waals surface area contributed by atoms with Crippen molar-refractivity contribution in [3.05, 3.63) is 39.2 Å². The van der Waals surface area contributed by atoms with Crippen LogP contribution in [0.5, 0.6) is 0 Å². The first kappa shape index (κ1) is 14.2. The molecule has 1 heterocycles.